The number of anilines is 2. The van der Waals surface area contributed by atoms with Gasteiger partial charge in [-0.3, -0.25) is 0 Å². The highest BCUT2D eigenvalue weighted by Crippen LogP contribution is 2.39. The molecule has 2 aromatic carbocycles. The lowest BCUT2D eigenvalue weighted by Gasteiger charge is -2.16. The van der Waals surface area contributed by atoms with Gasteiger partial charge in [0.25, 0.3) is 0 Å². The van der Waals surface area contributed by atoms with Crippen molar-refractivity contribution in [2.75, 3.05) is 32.0 Å². The molecule has 2 rings (SSSR count). The van der Waals surface area contributed by atoms with Crippen LogP contribution in [0.1, 0.15) is 5.56 Å². The fourth-order valence-corrected chi connectivity index (χ4v) is 2.66. The van der Waals surface area contributed by atoms with E-state index < -0.39 is 0 Å². The SMILES string of the molecule is COc1cc(NC(=S)Nc2ccc(Cl)cc2C)cc(OC)c1OC. The Morgan fingerprint density at radius 1 is 0.958 bits per heavy atom. The number of thiocarbonyl (C=S) groups is 1. The zero-order valence-corrected chi connectivity index (χ0v) is 15.5. The van der Waals surface area contributed by atoms with Crippen LogP contribution < -0.4 is 24.8 Å². The number of nitrogens with one attached hydrogen (secondary N) is 2. The van der Waals surface area contributed by atoms with E-state index in [1.54, 1.807) is 39.5 Å². The lowest BCUT2D eigenvalue weighted by atomic mass is 10.2. The topological polar surface area (TPSA) is 51.8 Å². The minimum Gasteiger partial charge on any atom is -0.493 e. The van der Waals surface area contributed by atoms with Crippen LogP contribution in [0.2, 0.25) is 5.02 Å². The Morgan fingerprint density at radius 2 is 1.58 bits per heavy atom. The van der Waals surface area contributed by atoms with Crippen molar-refractivity contribution in [2.24, 2.45) is 0 Å². The van der Waals surface area contributed by atoms with Gasteiger partial charge in [-0.15, -0.1) is 0 Å². The number of rotatable bonds is 5. The van der Waals surface area contributed by atoms with Crippen LogP contribution in [0.15, 0.2) is 30.3 Å². The Morgan fingerprint density at radius 3 is 2.08 bits per heavy atom. The first kappa shape index (κ1) is 18.2. The average Bonchev–Trinajstić information content (AvgIpc) is 2.56. The van der Waals surface area contributed by atoms with Gasteiger partial charge in [0.05, 0.1) is 21.3 Å². The molecule has 0 aromatic heterocycles. The third-order valence-electron chi connectivity index (χ3n) is 3.36. The molecule has 0 aliphatic heterocycles. The van der Waals surface area contributed by atoms with Crippen LogP contribution >= 0.6 is 23.8 Å². The van der Waals surface area contributed by atoms with E-state index in [-0.39, 0.29) is 0 Å². The second-order valence-electron chi connectivity index (χ2n) is 4.95. The van der Waals surface area contributed by atoms with Crippen molar-refractivity contribution < 1.29 is 14.2 Å². The van der Waals surface area contributed by atoms with E-state index in [1.807, 2.05) is 19.1 Å². The van der Waals surface area contributed by atoms with E-state index in [9.17, 15) is 0 Å². The number of benzene rings is 2. The molecule has 0 radical (unpaired) electrons. The van der Waals surface area contributed by atoms with Gasteiger partial charge in [-0.05, 0) is 42.9 Å². The fourth-order valence-electron chi connectivity index (χ4n) is 2.21. The van der Waals surface area contributed by atoms with Crippen molar-refractivity contribution >= 4 is 40.3 Å². The zero-order valence-electron chi connectivity index (χ0n) is 13.9. The lowest BCUT2D eigenvalue weighted by molar-refractivity contribution is 0.324. The van der Waals surface area contributed by atoms with Crippen molar-refractivity contribution in [1.82, 2.24) is 0 Å². The summed E-state index contributed by atoms with van der Waals surface area (Å²) in [4.78, 5) is 0. The molecule has 7 heteroatoms. The first-order valence-electron chi connectivity index (χ1n) is 7.12. The standard InChI is InChI=1S/C17H19ClN2O3S/c1-10-7-11(18)5-6-13(10)20-17(24)19-12-8-14(21-2)16(23-4)15(9-12)22-3/h5-9H,1-4H3,(H2,19,20,24). The Balaban J connectivity index is 2.19. The molecule has 2 N–H and O–H groups in total. The molecular weight excluding hydrogens is 348 g/mol. The second-order valence-corrected chi connectivity index (χ2v) is 5.80. The van der Waals surface area contributed by atoms with Gasteiger partial charge >= 0.3 is 0 Å². The molecule has 0 fully saturated rings. The Labute approximate surface area is 151 Å². The van der Waals surface area contributed by atoms with Crippen LogP contribution in [0.25, 0.3) is 0 Å². The van der Waals surface area contributed by atoms with Gasteiger partial charge < -0.3 is 24.8 Å². The number of aryl methyl sites for hydroxylation is 1. The largest absolute Gasteiger partial charge is 0.493 e. The monoisotopic (exact) mass is 366 g/mol. The lowest BCUT2D eigenvalue weighted by Crippen LogP contribution is -2.19. The summed E-state index contributed by atoms with van der Waals surface area (Å²) in [5.41, 5.74) is 2.59. The highest BCUT2D eigenvalue weighted by atomic mass is 35.5. The third-order valence-corrected chi connectivity index (χ3v) is 3.80. The number of hydrogen-bond donors (Lipinski definition) is 2. The van der Waals surface area contributed by atoms with Gasteiger partial charge in [-0.1, -0.05) is 11.6 Å². The highest BCUT2D eigenvalue weighted by molar-refractivity contribution is 7.80. The quantitative estimate of drug-likeness (QED) is 0.761. The normalized spacial score (nSPS) is 10.0. The Bertz CT molecular complexity index is 728. The summed E-state index contributed by atoms with van der Waals surface area (Å²) in [6.45, 7) is 1.95. The summed E-state index contributed by atoms with van der Waals surface area (Å²) < 4.78 is 16.0. The molecule has 0 saturated carbocycles. The summed E-state index contributed by atoms with van der Waals surface area (Å²) in [7, 11) is 4.69. The summed E-state index contributed by atoms with van der Waals surface area (Å²) >= 11 is 11.3. The van der Waals surface area contributed by atoms with E-state index in [2.05, 4.69) is 10.6 Å². The first-order valence-corrected chi connectivity index (χ1v) is 7.91. The molecule has 0 spiro atoms. The fraction of sp³-hybridized carbons (Fsp3) is 0.235. The smallest absolute Gasteiger partial charge is 0.203 e. The minimum atomic E-state index is 0.440. The summed E-state index contributed by atoms with van der Waals surface area (Å²) in [5, 5.41) is 7.36. The van der Waals surface area contributed by atoms with Crippen molar-refractivity contribution in [2.45, 2.75) is 6.92 Å². The maximum absolute atomic E-state index is 5.96. The van der Waals surface area contributed by atoms with Gasteiger partial charge in [0.15, 0.2) is 16.6 Å². The number of hydrogen-bond acceptors (Lipinski definition) is 4. The predicted molar refractivity (Wildman–Crippen MR) is 102 cm³/mol. The van der Waals surface area contributed by atoms with Crippen molar-refractivity contribution in [3.63, 3.8) is 0 Å². The van der Waals surface area contributed by atoms with E-state index in [0.717, 1.165) is 11.3 Å². The molecule has 0 saturated heterocycles. The molecule has 0 bridgehead atoms. The van der Waals surface area contributed by atoms with Crippen LogP contribution in [0.3, 0.4) is 0 Å². The van der Waals surface area contributed by atoms with Crippen molar-refractivity contribution in [3.8, 4) is 17.2 Å². The van der Waals surface area contributed by atoms with E-state index >= 15 is 0 Å². The summed E-state index contributed by atoms with van der Waals surface area (Å²) in [6, 6.07) is 9.11. The van der Waals surface area contributed by atoms with Gasteiger partial charge in [0.1, 0.15) is 0 Å². The van der Waals surface area contributed by atoms with Crippen LogP contribution in [0.4, 0.5) is 11.4 Å². The summed E-state index contributed by atoms with van der Waals surface area (Å²) in [6.07, 6.45) is 0. The van der Waals surface area contributed by atoms with Gasteiger partial charge in [-0.25, -0.2) is 0 Å². The van der Waals surface area contributed by atoms with Gasteiger partial charge in [0, 0.05) is 28.5 Å². The maximum atomic E-state index is 5.96. The molecule has 2 aromatic rings. The molecule has 128 valence electrons. The van der Waals surface area contributed by atoms with Gasteiger partial charge in [0.2, 0.25) is 5.75 Å². The Hall–Kier alpha value is -2.18. The molecule has 0 heterocycles. The molecular formula is C17H19ClN2O3S. The first-order chi connectivity index (χ1) is 11.5. The van der Waals surface area contributed by atoms with Crippen molar-refractivity contribution in [3.05, 3.63) is 40.9 Å². The maximum Gasteiger partial charge on any atom is 0.203 e. The molecule has 5 nitrogen and oxygen atoms in total. The van der Waals surface area contributed by atoms with E-state index in [4.69, 9.17) is 38.0 Å². The van der Waals surface area contributed by atoms with Crippen LogP contribution in [-0.4, -0.2) is 26.4 Å². The van der Waals surface area contributed by atoms with Crippen molar-refractivity contribution in [1.29, 1.82) is 0 Å². The number of methoxy groups -OCH3 is 3. The third kappa shape index (κ3) is 4.21. The van der Waals surface area contributed by atoms with Crippen LogP contribution in [-0.2, 0) is 0 Å². The zero-order chi connectivity index (χ0) is 17.7. The van der Waals surface area contributed by atoms with E-state index in [1.165, 1.54) is 0 Å². The molecule has 0 unspecified atom stereocenters. The van der Waals surface area contributed by atoms with Crippen LogP contribution in [0.5, 0.6) is 17.2 Å². The van der Waals surface area contributed by atoms with E-state index in [0.29, 0.717) is 33.1 Å². The second kappa shape index (κ2) is 8.08. The number of ether oxygens (including phenoxy) is 3. The highest BCUT2D eigenvalue weighted by Gasteiger charge is 2.14. The van der Waals surface area contributed by atoms with Crippen LogP contribution in [0, 0.1) is 6.92 Å². The van der Waals surface area contributed by atoms with Gasteiger partial charge in [-0.2, -0.15) is 0 Å². The minimum absolute atomic E-state index is 0.440. The molecule has 24 heavy (non-hydrogen) atoms. The Kier molecular flexibility index (Phi) is 6.11. The predicted octanol–water partition coefficient (Wildman–Crippen LogP) is 4.48. The molecule has 0 amide bonds. The molecule has 0 aliphatic carbocycles. The average molecular weight is 367 g/mol. The molecule has 0 aliphatic rings. The molecule has 0 atom stereocenters. The number of halogens is 1. The summed E-state index contributed by atoms with van der Waals surface area (Å²) in [5.74, 6) is 1.62.